The molecular formula is C29H31F5O. The highest BCUT2D eigenvalue weighted by atomic mass is 19.4. The van der Waals surface area contributed by atoms with Gasteiger partial charge in [-0.2, -0.15) is 0 Å². The maximum absolute atomic E-state index is 13.9. The summed E-state index contributed by atoms with van der Waals surface area (Å²) < 4.78 is 68.3. The second-order valence-corrected chi connectivity index (χ2v) is 9.91. The number of hydrogen-bond acceptors (Lipinski definition) is 1. The monoisotopic (exact) mass is 490 g/mol. The fraction of sp³-hybridized carbons (Fsp3) is 0.517. The molecule has 0 heterocycles. The molecule has 0 saturated heterocycles. The van der Waals surface area contributed by atoms with Crippen LogP contribution in [0.4, 0.5) is 22.0 Å². The van der Waals surface area contributed by atoms with Gasteiger partial charge in [-0.15, -0.1) is 13.2 Å². The number of fused-ring (bicyclic) bond motifs is 3. The zero-order chi connectivity index (χ0) is 25.0. The van der Waals surface area contributed by atoms with Gasteiger partial charge in [0.1, 0.15) is 0 Å². The minimum atomic E-state index is -5.18. The minimum Gasteiger partial charge on any atom is -0.399 e. The zero-order valence-corrected chi connectivity index (χ0v) is 20.0. The van der Waals surface area contributed by atoms with Crippen LogP contribution in [-0.4, -0.2) is 6.36 Å². The molecule has 3 unspecified atom stereocenters. The number of aryl methyl sites for hydroxylation is 1. The lowest BCUT2D eigenvalue weighted by molar-refractivity contribution is -0.276. The smallest absolute Gasteiger partial charge is 0.399 e. The Labute approximate surface area is 204 Å². The van der Waals surface area contributed by atoms with Crippen LogP contribution in [0.2, 0.25) is 0 Å². The van der Waals surface area contributed by atoms with Crippen molar-refractivity contribution in [3.8, 4) is 17.6 Å². The van der Waals surface area contributed by atoms with Crippen LogP contribution in [0.25, 0.3) is 0 Å². The third-order valence-corrected chi connectivity index (χ3v) is 7.45. The Balaban J connectivity index is 1.43. The molecule has 0 bridgehead atoms. The van der Waals surface area contributed by atoms with E-state index >= 15 is 0 Å². The van der Waals surface area contributed by atoms with E-state index in [2.05, 4.69) is 29.6 Å². The van der Waals surface area contributed by atoms with Gasteiger partial charge >= 0.3 is 6.36 Å². The molecule has 1 fully saturated rings. The first kappa shape index (κ1) is 25.5. The predicted octanol–water partition coefficient (Wildman–Crippen LogP) is 8.68. The third kappa shape index (κ3) is 6.57. The molecule has 0 aromatic heterocycles. The molecule has 2 aliphatic rings. The summed E-state index contributed by atoms with van der Waals surface area (Å²) in [7, 11) is 0. The zero-order valence-electron chi connectivity index (χ0n) is 20.0. The van der Waals surface area contributed by atoms with Crippen molar-refractivity contribution in [1.82, 2.24) is 0 Å². The van der Waals surface area contributed by atoms with Crippen LogP contribution in [0.1, 0.15) is 92.9 Å². The number of rotatable bonds is 6. The largest absolute Gasteiger partial charge is 0.573 e. The van der Waals surface area contributed by atoms with E-state index in [0.717, 1.165) is 36.0 Å². The molecule has 1 saturated carbocycles. The molecule has 2 aromatic rings. The van der Waals surface area contributed by atoms with Gasteiger partial charge < -0.3 is 4.74 Å². The Morgan fingerprint density at radius 1 is 0.914 bits per heavy atom. The van der Waals surface area contributed by atoms with Gasteiger partial charge in [0.25, 0.3) is 0 Å². The summed E-state index contributed by atoms with van der Waals surface area (Å²) in [5.41, 5.74) is 3.36. The average Bonchev–Trinajstić information content (AvgIpc) is 2.82. The molecule has 188 valence electrons. The van der Waals surface area contributed by atoms with E-state index in [1.54, 1.807) is 0 Å². The van der Waals surface area contributed by atoms with Gasteiger partial charge in [0, 0.05) is 11.1 Å². The van der Waals surface area contributed by atoms with Crippen LogP contribution < -0.4 is 4.74 Å². The van der Waals surface area contributed by atoms with Crippen molar-refractivity contribution >= 4 is 0 Å². The molecule has 35 heavy (non-hydrogen) atoms. The van der Waals surface area contributed by atoms with Gasteiger partial charge in [-0.05, 0) is 85.3 Å². The second kappa shape index (κ2) is 11.0. The summed E-state index contributed by atoms with van der Waals surface area (Å²) in [5, 5.41) is 0. The first-order chi connectivity index (χ1) is 16.7. The Morgan fingerprint density at radius 2 is 1.66 bits per heavy atom. The van der Waals surface area contributed by atoms with E-state index in [1.165, 1.54) is 68.9 Å². The number of unbranched alkanes of at least 4 members (excludes halogenated alkanes) is 3. The lowest BCUT2D eigenvalue weighted by Crippen LogP contribution is -2.28. The van der Waals surface area contributed by atoms with Crippen LogP contribution >= 0.6 is 0 Å². The molecule has 0 radical (unpaired) electrons. The van der Waals surface area contributed by atoms with E-state index in [-0.39, 0.29) is 5.56 Å². The SMILES string of the molecule is CCCCCCC1CCC2c3ccc(C#Cc4cc(F)c(OC(F)(F)F)c(F)c4)cc3CCC2C1. The first-order valence-electron chi connectivity index (χ1n) is 12.6. The first-order valence-corrected chi connectivity index (χ1v) is 12.6. The highest BCUT2D eigenvalue weighted by Crippen LogP contribution is 2.48. The standard InChI is InChI=1S/C29H31F5O/c1-2-3-4-5-6-19-9-13-24-22(15-19)11-12-23-16-20(10-14-25(23)24)7-8-21-17-26(30)28(27(31)18-21)35-29(32,33)34/h10,14,16-19,22,24H,2-6,9,11-13,15H2,1H3. The summed E-state index contributed by atoms with van der Waals surface area (Å²) in [5.74, 6) is 3.40. The Kier molecular flexibility index (Phi) is 8.04. The average molecular weight is 491 g/mol. The van der Waals surface area contributed by atoms with E-state index in [9.17, 15) is 22.0 Å². The third-order valence-electron chi connectivity index (χ3n) is 7.45. The molecule has 0 spiro atoms. The van der Waals surface area contributed by atoms with Crippen LogP contribution in [0.15, 0.2) is 30.3 Å². The predicted molar refractivity (Wildman–Crippen MR) is 126 cm³/mol. The van der Waals surface area contributed by atoms with Crippen LogP contribution in [0.5, 0.6) is 5.75 Å². The van der Waals surface area contributed by atoms with Gasteiger partial charge in [0.15, 0.2) is 11.6 Å². The molecule has 4 rings (SSSR count). The van der Waals surface area contributed by atoms with E-state index in [0.29, 0.717) is 5.92 Å². The number of halogens is 5. The Bertz CT molecular complexity index is 1070. The molecule has 2 aromatic carbocycles. The summed E-state index contributed by atoms with van der Waals surface area (Å²) in [6.45, 7) is 2.25. The highest BCUT2D eigenvalue weighted by Gasteiger charge is 2.35. The van der Waals surface area contributed by atoms with Crippen molar-refractivity contribution in [3.05, 3.63) is 64.2 Å². The van der Waals surface area contributed by atoms with Crippen molar-refractivity contribution in [2.45, 2.75) is 83.4 Å². The Morgan fingerprint density at radius 3 is 2.37 bits per heavy atom. The number of benzene rings is 2. The highest BCUT2D eigenvalue weighted by molar-refractivity contribution is 5.48. The lowest BCUT2D eigenvalue weighted by Gasteiger charge is -2.40. The molecule has 1 nitrogen and oxygen atoms in total. The van der Waals surface area contributed by atoms with Gasteiger partial charge in [-0.1, -0.05) is 56.9 Å². The fourth-order valence-electron chi connectivity index (χ4n) is 5.80. The van der Waals surface area contributed by atoms with E-state index in [1.807, 2.05) is 12.1 Å². The normalized spacial score (nSPS) is 21.5. The van der Waals surface area contributed by atoms with Crippen molar-refractivity contribution in [1.29, 1.82) is 0 Å². The van der Waals surface area contributed by atoms with Gasteiger partial charge in [0.2, 0.25) is 5.75 Å². The molecule has 3 atom stereocenters. The summed E-state index contributed by atoms with van der Waals surface area (Å²) >= 11 is 0. The maximum Gasteiger partial charge on any atom is 0.573 e. The van der Waals surface area contributed by atoms with Crippen LogP contribution in [-0.2, 0) is 6.42 Å². The molecule has 0 amide bonds. The van der Waals surface area contributed by atoms with Gasteiger partial charge in [0.05, 0.1) is 0 Å². The van der Waals surface area contributed by atoms with Crippen molar-refractivity contribution in [2.75, 3.05) is 0 Å². The van der Waals surface area contributed by atoms with Crippen LogP contribution in [0.3, 0.4) is 0 Å². The van der Waals surface area contributed by atoms with Crippen molar-refractivity contribution in [3.63, 3.8) is 0 Å². The number of alkyl halides is 3. The minimum absolute atomic E-state index is 0.0513. The molecular weight excluding hydrogens is 459 g/mol. The number of ether oxygens (including phenoxy) is 1. The lowest BCUT2D eigenvalue weighted by atomic mass is 9.64. The quantitative estimate of drug-likeness (QED) is 0.224. The fourth-order valence-corrected chi connectivity index (χ4v) is 5.80. The van der Waals surface area contributed by atoms with Crippen molar-refractivity contribution < 1.29 is 26.7 Å². The molecule has 6 heteroatoms. The summed E-state index contributed by atoms with van der Waals surface area (Å²) in [4.78, 5) is 0. The maximum atomic E-state index is 13.9. The van der Waals surface area contributed by atoms with E-state index in [4.69, 9.17) is 0 Å². The molecule has 2 aliphatic carbocycles. The van der Waals surface area contributed by atoms with Gasteiger partial charge in [-0.25, -0.2) is 8.78 Å². The second-order valence-electron chi connectivity index (χ2n) is 9.91. The van der Waals surface area contributed by atoms with E-state index < -0.39 is 23.7 Å². The molecule has 0 aliphatic heterocycles. The summed E-state index contributed by atoms with van der Waals surface area (Å²) in [6.07, 6.45) is 7.50. The number of hydrogen-bond donors (Lipinski definition) is 0. The topological polar surface area (TPSA) is 9.23 Å². The van der Waals surface area contributed by atoms with Gasteiger partial charge in [-0.3, -0.25) is 0 Å². The molecule has 0 N–H and O–H groups in total. The van der Waals surface area contributed by atoms with Crippen LogP contribution in [0, 0.1) is 35.3 Å². The summed E-state index contributed by atoms with van der Waals surface area (Å²) in [6, 6.07) is 7.61. The van der Waals surface area contributed by atoms with Crippen molar-refractivity contribution in [2.24, 2.45) is 11.8 Å². The Hall–Kier alpha value is -2.55.